The van der Waals surface area contributed by atoms with Crippen LogP contribution in [-0.4, -0.2) is 18.6 Å². The summed E-state index contributed by atoms with van der Waals surface area (Å²) in [6.07, 6.45) is 1.07. The minimum absolute atomic E-state index is 0.145. The first kappa shape index (κ1) is 9.53. The molecule has 0 saturated carbocycles. The molecule has 2 heteroatoms. The van der Waals surface area contributed by atoms with E-state index >= 15 is 0 Å². The van der Waals surface area contributed by atoms with Crippen molar-refractivity contribution in [2.75, 3.05) is 11.9 Å². The van der Waals surface area contributed by atoms with Crippen LogP contribution in [0, 0.1) is 0 Å². The summed E-state index contributed by atoms with van der Waals surface area (Å²) in [7, 11) is 2.13. The van der Waals surface area contributed by atoms with Crippen molar-refractivity contribution < 1.29 is 0 Å². The average molecular weight is 190 g/mol. The summed E-state index contributed by atoms with van der Waals surface area (Å²) >= 11 is 0. The van der Waals surface area contributed by atoms with E-state index in [9.17, 15) is 0 Å². The Kier molecular flexibility index (Phi) is 2.04. The van der Waals surface area contributed by atoms with Crippen molar-refractivity contribution in [3.05, 3.63) is 29.8 Å². The molecule has 0 bridgehead atoms. The first-order valence-electron chi connectivity index (χ1n) is 5.10. The second kappa shape index (κ2) is 2.99. The monoisotopic (exact) mass is 190 g/mol. The van der Waals surface area contributed by atoms with Crippen LogP contribution < -0.4 is 10.6 Å². The molecule has 76 valence electrons. The first-order chi connectivity index (χ1) is 6.50. The van der Waals surface area contributed by atoms with Crippen LogP contribution in [0.15, 0.2) is 24.3 Å². The highest BCUT2D eigenvalue weighted by Gasteiger charge is 2.35. The Morgan fingerprint density at radius 2 is 2.00 bits per heavy atom. The van der Waals surface area contributed by atoms with Gasteiger partial charge < -0.3 is 10.6 Å². The van der Waals surface area contributed by atoms with E-state index in [0.29, 0.717) is 6.04 Å². The third-order valence-corrected chi connectivity index (χ3v) is 3.11. The van der Waals surface area contributed by atoms with Gasteiger partial charge in [-0.2, -0.15) is 0 Å². The van der Waals surface area contributed by atoms with Crippen molar-refractivity contribution >= 4 is 5.69 Å². The SMILES string of the molecule is CN1c2ccccc2CC1C(C)(C)N. The summed E-state index contributed by atoms with van der Waals surface area (Å²) in [5.74, 6) is 0. The molecule has 1 atom stereocenters. The summed E-state index contributed by atoms with van der Waals surface area (Å²) in [6, 6.07) is 8.96. The molecule has 1 aliphatic rings. The Bertz CT molecular complexity index is 338. The van der Waals surface area contributed by atoms with Crippen molar-refractivity contribution in [1.82, 2.24) is 0 Å². The molecule has 14 heavy (non-hydrogen) atoms. The van der Waals surface area contributed by atoms with Gasteiger partial charge in [0, 0.05) is 18.3 Å². The lowest BCUT2D eigenvalue weighted by Gasteiger charge is -2.33. The summed E-state index contributed by atoms with van der Waals surface area (Å²) < 4.78 is 0. The van der Waals surface area contributed by atoms with E-state index in [2.05, 4.69) is 50.1 Å². The van der Waals surface area contributed by atoms with Gasteiger partial charge in [-0.3, -0.25) is 0 Å². The van der Waals surface area contributed by atoms with Crippen molar-refractivity contribution in [1.29, 1.82) is 0 Å². The first-order valence-corrected chi connectivity index (χ1v) is 5.10. The van der Waals surface area contributed by atoms with E-state index in [0.717, 1.165) is 6.42 Å². The molecule has 0 fully saturated rings. The molecule has 2 rings (SSSR count). The zero-order valence-electron chi connectivity index (χ0n) is 9.12. The van der Waals surface area contributed by atoms with Gasteiger partial charge in [0.1, 0.15) is 0 Å². The summed E-state index contributed by atoms with van der Waals surface area (Å²) in [5, 5.41) is 0. The lowest BCUT2D eigenvalue weighted by Crippen LogP contribution is -2.52. The number of likely N-dealkylation sites (N-methyl/N-ethyl adjacent to an activating group) is 1. The van der Waals surface area contributed by atoms with E-state index in [1.165, 1.54) is 11.3 Å². The van der Waals surface area contributed by atoms with Crippen molar-refractivity contribution in [2.24, 2.45) is 5.73 Å². The maximum atomic E-state index is 6.17. The lowest BCUT2D eigenvalue weighted by molar-refractivity contribution is 0.407. The molecular formula is C12H18N2. The van der Waals surface area contributed by atoms with Crippen LogP contribution in [0.25, 0.3) is 0 Å². The molecule has 1 aromatic carbocycles. The normalized spacial score (nSPS) is 21.1. The molecule has 1 heterocycles. The largest absolute Gasteiger partial charge is 0.369 e. The Labute approximate surface area is 85.7 Å². The molecule has 0 saturated heterocycles. The second-order valence-corrected chi connectivity index (χ2v) is 4.78. The van der Waals surface area contributed by atoms with Crippen LogP contribution in [0.4, 0.5) is 5.69 Å². The molecule has 2 nitrogen and oxygen atoms in total. The van der Waals surface area contributed by atoms with Gasteiger partial charge in [-0.25, -0.2) is 0 Å². The van der Waals surface area contributed by atoms with Crippen molar-refractivity contribution in [2.45, 2.75) is 31.8 Å². The fraction of sp³-hybridized carbons (Fsp3) is 0.500. The smallest absolute Gasteiger partial charge is 0.0502 e. The summed E-state index contributed by atoms with van der Waals surface area (Å²) in [5.41, 5.74) is 8.77. The highest BCUT2D eigenvalue weighted by molar-refractivity contribution is 5.59. The minimum atomic E-state index is -0.145. The van der Waals surface area contributed by atoms with Crippen LogP contribution >= 0.6 is 0 Å². The molecule has 0 aromatic heterocycles. The number of para-hydroxylation sites is 1. The molecule has 0 amide bonds. The van der Waals surface area contributed by atoms with Crippen LogP contribution in [0.2, 0.25) is 0 Å². The fourth-order valence-corrected chi connectivity index (χ4v) is 2.30. The number of hydrogen-bond donors (Lipinski definition) is 1. The van der Waals surface area contributed by atoms with Gasteiger partial charge >= 0.3 is 0 Å². The lowest BCUT2D eigenvalue weighted by atomic mass is 9.93. The minimum Gasteiger partial charge on any atom is -0.369 e. The van der Waals surface area contributed by atoms with Crippen LogP contribution in [-0.2, 0) is 6.42 Å². The van der Waals surface area contributed by atoms with Crippen LogP contribution in [0.3, 0.4) is 0 Å². The molecule has 0 aliphatic carbocycles. The van der Waals surface area contributed by atoms with Gasteiger partial charge in [-0.15, -0.1) is 0 Å². The van der Waals surface area contributed by atoms with Crippen molar-refractivity contribution in [3.63, 3.8) is 0 Å². The second-order valence-electron chi connectivity index (χ2n) is 4.78. The van der Waals surface area contributed by atoms with Gasteiger partial charge in [-0.05, 0) is 31.9 Å². The molecule has 1 aromatic rings. The van der Waals surface area contributed by atoms with Gasteiger partial charge in [-0.1, -0.05) is 18.2 Å². The molecule has 1 aliphatic heterocycles. The number of anilines is 1. The van der Waals surface area contributed by atoms with Gasteiger partial charge in [0.05, 0.1) is 6.04 Å². The maximum absolute atomic E-state index is 6.17. The number of nitrogens with zero attached hydrogens (tertiary/aromatic N) is 1. The van der Waals surface area contributed by atoms with Gasteiger partial charge in [0.2, 0.25) is 0 Å². The topological polar surface area (TPSA) is 29.3 Å². The predicted molar refractivity (Wildman–Crippen MR) is 60.6 cm³/mol. The highest BCUT2D eigenvalue weighted by atomic mass is 15.2. The third kappa shape index (κ3) is 1.40. The quantitative estimate of drug-likeness (QED) is 0.731. The molecule has 2 N–H and O–H groups in total. The summed E-state index contributed by atoms with van der Waals surface area (Å²) in [6.45, 7) is 4.19. The third-order valence-electron chi connectivity index (χ3n) is 3.11. The van der Waals surface area contributed by atoms with E-state index in [-0.39, 0.29) is 5.54 Å². The molecular weight excluding hydrogens is 172 g/mol. The Balaban J connectivity index is 2.35. The molecule has 0 radical (unpaired) electrons. The number of benzene rings is 1. The zero-order valence-corrected chi connectivity index (χ0v) is 9.12. The van der Waals surface area contributed by atoms with E-state index in [4.69, 9.17) is 5.73 Å². The predicted octanol–water partition coefficient (Wildman–Crippen LogP) is 1.78. The van der Waals surface area contributed by atoms with E-state index < -0.39 is 0 Å². The number of fused-ring (bicyclic) bond motifs is 1. The number of hydrogen-bond acceptors (Lipinski definition) is 2. The Morgan fingerprint density at radius 1 is 1.36 bits per heavy atom. The zero-order chi connectivity index (χ0) is 10.3. The fourth-order valence-electron chi connectivity index (χ4n) is 2.30. The average Bonchev–Trinajstić information content (AvgIpc) is 2.44. The van der Waals surface area contributed by atoms with Gasteiger partial charge in [0.25, 0.3) is 0 Å². The van der Waals surface area contributed by atoms with Crippen LogP contribution in [0.1, 0.15) is 19.4 Å². The standard InChI is InChI=1S/C12H18N2/c1-12(2,13)11-8-9-6-4-5-7-10(9)14(11)3/h4-7,11H,8,13H2,1-3H3. The maximum Gasteiger partial charge on any atom is 0.0502 e. The number of nitrogens with two attached hydrogens (primary N) is 1. The van der Waals surface area contributed by atoms with E-state index in [1.807, 2.05) is 0 Å². The van der Waals surface area contributed by atoms with Gasteiger partial charge in [0.15, 0.2) is 0 Å². The highest BCUT2D eigenvalue weighted by Crippen LogP contribution is 2.33. The Hall–Kier alpha value is -1.02. The molecule has 1 unspecified atom stereocenters. The molecule has 0 spiro atoms. The Morgan fingerprint density at radius 3 is 2.57 bits per heavy atom. The number of rotatable bonds is 1. The van der Waals surface area contributed by atoms with Crippen LogP contribution in [0.5, 0.6) is 0 Å². The van der Waals surface area contributed by atoms with E-state index in [1.54, 1.807) is 0 Å². The van der Waals surface area contributed by atoms with Crippen molar-refractivity contribution in [3.8, 4) is 0 Å². The summed E-state index contributed by atoms with van der Waals surface area (Å²) in [4.78, 5) is 2.30.